The van der Waals surface area contributed by atoms with Crippen LogP contribution in [0.2, 0.25) is 0 Å². The first-order valence-corrected chi connectivity index (χ1v) is 13.1. The predicted octanol–water partition coefficient (Wildman–Crippen LogP) is 5.43. The molecule has 0 aromatic heterocycles. The Bertz CT molecular complexity index is 851. The molecule has 3 atom stereocenters. The number of amides is 1. The van der Waals surface area contributed by atoms with Gasteiger partial charge in [0, 0.05) is 25.1 Å². The van der Waals surface area contributed by atoms with Crippen LogP contribution in [0.4, 0.5) is 4.79 Å². The van der Waals surface area contributed by atoms with Crippen LogP contribution in [0.3, 0.4) is 0 Å². The van der Waals surface area contributed by atoms with E-state index in [0.717, 1.165) is 30.4 Å². The highest BCUT2D eigenvalue weighted by Gasteiger charge is 2.32. The molecule has 0 radical (unpaired) electrons. The van der Waals surface area contributed by atoms with Crippen LogP contribution in [0.1, 0.15) is 89.9 Å². The normalized spacial score (nSPS) is 22.6. The molecule has 3 aliphatic rings. The second-order valence-corrected chi connectivity index (χ2v) is 11.2. The van der Waals surface area contributed by atoms with Crippen LogP contribution in [0.5, 0.6) is 5.75 Å². The highest BCUT2D eigenvalue weighted by atomic mass is 16.6. The smallest absolute Gasteiger partial charge is 0.410 e. The van der Waals surface area contributed by atoms with Crippen molar-refractivity contribution in [2.45, 2.75) is 96.9 Å². The number of hydrogen-bond donors (Lipinski definition) is 1. The van der Waals surface area contributed by atoms with Gasteiger partial charge in [0.2, 0.25) is 0 Å². The zero-order valence-corrected chi connectivity index (χ0v) is 22.0. The van der Waals surface area contributed by atoms with E-state index in [0.29, 0.717) is 37.6 Å². The average Bonchev–Trinajstić information content (AvgIpc) is 3.67. The Morgan fingerprint density at radius 3 is 2.40 bits per heavy atom. The lowest BCUT2D eigenvalue weighted by atomic mass is 9.87. The molecule has 2 fully saturated rings. The maximum atomic E-state index is 12.3. The van der Waals surface area contributed by atoms with Crippen molar-refractivity contribution in [1.82, 2.24) is 4.90 Å². The molecule has 0 spiro atoms. The van der Waals surface area contributed by atoms with Gasteiger partial charge in [-0.2, -0.15) is 0 Å². The molecule has 196 valence electrons. The first-order valence-electron chi connectivity index (χ1n) is 13.1. The molecule has 0 bridgehead atoms. The zero-order chi connectivity index (χ0) is 25.6. The minimum absolute atomic E-state index is 0.0659. The number of fused-ring (bicyclic) bond motifs is 1. The molecule has 1 saturated carbocycles. The van der Waals surface area contributed by atoms with Crippen LogP contribution in [0, 0.1) is 11.8 Å². The summed E-state index contributed by atoms with van der Waals surface area (Å²) in [5.74, 6) is 0.668. The molecule has 1 saturated heterocycles. The van der Waals surface area contributed by atoms with Gasteiger partial charge in [0.05, 0.1) is 19.1 Å². The van der Waals surface area contributed by atoms with Crippen molar-refractivity contribution in [2.24, 2.45) is 11.8 Å². The van der Waals surface area contributed by atoms with E-state index < -0.39 is 11.7 Å². The second-order valence-electron chi connectivity index (χ2n) is 11.2. The third-order valence-electron chi connectivity index (χ3n) is 6.58. The first-order chi connectivity index (χ1) is 16.6. The Balaban J connectivity index is 0.00000106. The number of carbonyl (C=O) groups is 2. The van der Waals surface area contributed by atoms with Crippen molar-refractivity contribution in [3.05, 3.63) is 29.3 Å². The highest BCUT2D eigenvalue weighted by Crippen LogP contribution is 2.38. The fraction of sp³-hybridized carbons (Fsp3) is 0.714. The van der Waals surface area contributed by atoms with Gasteiger partial charge in [-0.05, 0) is 64.0 Å². The lowest BCUT2D eigenvalue weighted by Gasteiger charge is -2.36. The molecule has 1 amide bonds. The topological polar surface area (TPSA) is 85.3 Å². The number of piperidine rings is 1. The molecular formula is C28H43NO6. The number of methoxy groups -OCH3 is 1. The van der Waals surface area contributed by atoms with Gasteiger partial charge in [0.25, 0.3) is 0 Å². The van der Waals surface area contributed by atoms with E-state index in [2.05, 4.69) is 0 Å². The molecule has 2 heterocycles. The van der Waals surface area contributed by atoms with Crippen molar-refractivity contribution in [3.8, 4) is 5.75 Å². The van der Waals surface area contributed by atoms with E-state index in [9.17, 15) is 14.7 Å². The Labute approximate surface area is 210 Å². The molecule has 35 heavy (non-hydrogen) atoms. The number of ether oxygens (including phenoxy) is 3. The molecule has 3 unspecified atom stereocenters. The number of nitrogens with zero attached hydrogens (tertiary/aromatic N) is 1. The summed E-state index contributed by atoms with van der Waals surface area (Å²) in [6, 6.07) is 5.78. The predicted molar refractivity (Wildman–Crippen MR) is 134 cm³/mol. The third kappa shape index (κ3) is 8.71. The van der Waals surface area contributed by atoms with Gasteiger partial charge in [0.1, 0.15) is 17.5 Å². The number of benzene rings is 1. The lowest BCUT2D eigenvalue weighted by Crippen LogP contribution is -2.42. The van der Waals surface area contributed by atoms with Crippen molar-refractivity contribution in [3.63, 3.8) is 0 Å². The van der Waals surface area contributed by atoms with Gasteiger partial charge < -0.3 is 24.2 Å². The number of rotatable bonds is 5. The number of likely N-dealkylation sites (tertiary alicyclic amines) is 1. The summed E-state index contributed by atoms with van der Waals surface area (Å²) in [6.45, 7) is 8.84. The maximum absolute atomic E-state index is 12.3. The Kier molecular flexibility index (Phi) is 9.45. The van der Waals surface area contributed by atoms with E-state index in [1.54, 1.807) is 4.90 Å². The summed E-state index contributed by atoms with van der Waals surface area (Å²) in [4.78, 5) is 25.8. The number of aliphatic hydroxyl groups is 1. The van der Waals surface area contributed by atoms with Crippen molar-refractivity contribution in [2.75, 3.05) is 20.2 Å². The number of aliphatic hydroxyl groups excluding tert-OH is 1. The van der Waals surface area contributed by atoms with Gasteiger partial charge in [-0.3, -0.25) is 4.79 Å². The molecular weight excluding hydrogens is 446 g/mol. The number of hydrogen-bond acceptors (Lipinski definition) is 6. The van der Waals surface area contributed by atoms with Crippen LogP contribution in [0.15, 0.2) is 18.2 Å². The third-order valence-corrected chi connectivity index (χ3v) is 6.58. The summed E-state index contributed by atoms with van der Waals surface area (Å²) >= 11 is 0. The van der Waals surface area contributed by atoms with Gasteiger partial charge in [-0.25, -0.2) is 4.79 Å². The Morgan fingerprint density at radius 2 is 1.83 bits per heavy atom. The molecule has 1 N–H and O–H groups in total. The minimum atomic E-state index is -0.558. The monoisotopic (exact) mass is 489 g/mol. The van der Waals surface area contributed by atoms with E-state index in [1.807, 2.05) is 45.9 Å². The Hall–Kier alpha value is -2.28. The maximum Gasteiger partial charge on any atom is 0.410 e. The summed E-state index contributed by atoms with van der Waals surface area (Å²) in [5, 5.41) is 10.7. The lowest BCUT2D eigenvalue weighted by molar-refractivity contribution is -0.144. The fourth-order valence-corrected chi connectivity index (χ4v) is 4.52. The molecule has 7 nitrogen and oxygen atoms in total. The van der Waals surface area contributed by atoms with Crippen LogP contribution in [-0.4, -0.2) is 54.0 Å². The second kappa shape index (κ2) is 12.1. The van der Waals surface area contributed by atoms with Crippen LogP contribution in [-0.2, 0) is 20.7 Å². The molecule has 1 aromatic carbocycles. The largest absolute Gasteiger partial charge is 0.490 e. The van der Waals surface area contributed by atoms with E-state index in [4.69, 9.17) is 14.2 Å². The molecule has 1 aromatic rings. The summed E-state index contributed by atoms with van der Waals surface area (Å²) < 4.78 is 16.6. The quantitative estimate of drug-likeness (QED) is 0.555. The molecule has 4 rings (SSSR count). The summed E-state index contributed by atoms with van der Waals surface area (Å²) in [7, 11) is 1.40. The van der Waals surface area contributed by atoms with Crippen LogP contribution in [0.25, 0.3) is 0 Å². The zero-order valence-electron chi connectivity index (χ0n) is 22.0. The van der Waals surface area contributed by atoms with Crippen molar-refractivity contribution in [1.29, 1.82) is 0 Å². The standard InChI is InChI=1S/C25H37NO6.C3H6/c1-16(23(28)30-5)12-18-6-7-20-21(27)15-19(31-22(20)14-18)13-17-8-10-26(11-9-17)24(29)32-25(2,3)4;1-2-3-1/h6-7,14,16-17,19,21,27H,8-13,15H2,1-5H3;1-3H2. The Morgan fingerprint density at radius 1 is 1.17 bits per heavy atom. The summed E-state index contributed by atoms with van der Waals surface area (Å²) in [5.41, 5.74) is 1.30. The van der Waals surface area contributed by atoms with Gasteiger partial charge in [-0.1, -0.05) is 38.3 Å². The molecule has 2 aliphatic heterocycles. The first kappa shape index (κ1) is 27.3. The molecule has 1 aliphatic carbocycles. The minimum Gasteiger partial charge on any atom is -0.490 e. The van der Waals surface area contributed by atoms with Crippen molar-refractivity contribution < 1.29 is 28.9 Å². The van der Waals surface area contributed by atoms with E-state index in [-0.39, 0.29) is 24.1 Å². The van der Waals surface area contributed by atoms with E-state index >= 15 is 0 Å². The van der Waals surface area contributed by atoms with Gasteiger partial charge in [-0.15, -0.1) is 0 Å². The summed E-state index contributed by atoms with van der Waals surface area (Å²) in [6.07, 6.45) is 7.41. The van der Waals surface area contributed by atoms with Gasteiger partial charge >= 0.3 is 12.1 Å². The fourth-order valence-electron chi connectivity index (χ4n) is 4.52. The van der Waals surface area contributed by atoms with Crippen LogP contribution < -0.4 is 4.74 Å². The molecule has 7 heteroatoms. The van der Waals surface area contributed by atoms with Gasteiger partial charge in [0.15, 0.2) is 0 Å². The van der Waals surface area contributed by atoms with Crippen molar-refractivity contribution >= 4 is 12.1 Å². The average molecular weight is 490 g/mol. The van der Waals surface area contributed by atoms with Crippen LogP contribution >= 0.6 is 0 Å². The number of esters is 1. The van der Waals surface area contributed by atoms with E-state index in [1.165, 1.54) is 26.4 Å². The SMILES string of the molecule is C1CC1.COC(=O)C(C)Cc1ccc2c(c1)OC(CC1CCN(C(=O)OC(C)(C)C)CC1)CC2O. The number of carbonyl (C=O) groups excluding carboxylic acids is 2. The highest BCUT2D eigenvalue weighted by molar-refractivity contribution is 5.72.